The number of rotatable bonds is 2. The number of nitrogens with two attached hydrogens (primary N) is 2. The second kappa shape index (κ2) is 3.73. The van der Waals surface area contributed by atoms with Gasteiger partial charge in [-0.2, -0.15) is 0 Å². The van der Waals surface area contributed by atoms with Crippen LogP contribution in [0.5, 0.6) is 0 Å². The third-order valence-electron chi connectivity index (χ3n) is 1.44. The summed E-state index contributed by atoms with van der Waals surface area (Å²) in [5.41, 5.74) is 9.81. The minimum atomic E-state index is -4.15. The second-order valence-corrected chi connectivity index (χ2v) is 4.37. The van der Waals surface area contributed by atoms with Crippen molar-refractivity contribution < 1.29 is 17.6 Å². The summed E-state index contributed by atoms with van der Waals surface area (Å²) in [6, 6.07) is 1.43. The molecule has 0 saturated heterocycles. The van der Waals surface area contributed by atoms with Crippen molar-refractivity contribution in [2.75, 3.05) is 5.73 Å². The Bertz CT molecular complexity index is 480. The van der Waals surface area contributed by atoms with E-state index >= 15 is 0 Å². The molecule has 0 bridgehead atoms. The van der Waals surface area contributed by atoms with E-state index in [0.29, 0.717) is 0 Å². The fourth-order valence-corrected chi connectivity index (χ4v) is 1.87. The number of hydrogen-bond donors (Lipinski definition) is 3. The topological polar surface area (TPSA) is 115 Å². The molecule has 8 heteroatoms. The number of urea groups is 1. The number of nitrogen functional groups attached to an aromatic ring is 1. The Morgan fingerprint density at radius 3 is 2.40 bits per heavy atom. The van der Waals surface area contributed by atoms with Crippen LogP contribution in [0.4, 0.5) is 14.9 Å². The molecule has 1 aromatic rings. The highest BCUT2D eigenvalue weighted by atomic mass is 32.2. The molecule has 0 aromatic heterocycles. The molecule has 0 unspecified atom stereocenters. The van der Waals surface area contributed by atoms with E-state index in [1.165, 1.54) is 4.72 Å². The average Bonchev–Trinajstić information content (AvgIpc) is 1.99. The third-order valence-corrected chi connectivity index (χ3v) is 2.77. The largest absolute Gasteiger partial charge is 0.399 e. The van der Waals surface area contributed by atoms with Crippen LogP contribution in [0.3, 0.4) is 0 Å². The van der Waals surface area contributed by atoms with Crippen molar-refractivity contribution in [1.29, 1.82) is 0 Å². The number of halogens is 1. The molecule has 0 aliphatic carbocycles. The SMILES string of the molecule is NC(=O)NS(=O)(=O)c1cc(N)cc(F)c1. The molecule has 0 saturated carbocycles. The van der Waals surface area contributed by atoms with Crippen LogP contribution in [0.2, 0.25) is 0 Å². The molecular formula is C7H8FN3O3S. The first-order valence-electron chi connectivity index (χ1n) is 3.69. The van der Waals surface area contributed by atoms with Gasteiger partial charge in [0.1, 0.15) is 5.82 Å². The zero-order chi connectivity index (χ0) is 11.6. The Morgan fingerprint density at radius 1 is 1.33 bits per heavy atom. The maximum Gasteiger partial charge on any atom is 0.326 e. The van der Waals surface area contributed by atoms with E-state index in [4.69, 9.17) is 5.73 Å². The van der Waals surface area contributed by atoms with Gasteiger partial charge in [0, 0.05) is 5.69 Å². The summed E-state index contributed by atoms with van der Waals surface area (Å²) < 4.78 is 36.9. The van der Waals surface area contributed by atoms with Crippen LogP contribution in [0.25, 0.3) is 0 Å². The molecule has 0 aliphatic heterocycles. The summed E-state index contributed by atoms with van der Waals surface area (Å²) in [6.45, 7) is 0. The molecule has 0 spiro atoms. The van der Waals surface area contributed by atoms with E-state index < -0.39 is 26.8 Å². The monoisotopic (exact) mass is 233 g/mol. The number of benzene rings is 1. The van der Waals surface area contributed by atoms with Crippen molar-refractivity contribution in [3.8, 4) is 0 Å². The molecule has 0 fully saturated rings. The highest BCUT2D eigenvalue weighted by Crippen LogP contribution is 2.15. The van der Waals surface area contributed by atoms with E-state index in [9.17, 15) is 17.6 Å². The number of carbonyl (C=O) groups is 1. The van der Waals surface area contributed by atoms with Gasteiger partial charge in [-0.15, -0.1) is 0 Å². The van der Waals surface area contributed by atoms with Gasteiger partial charge in [-0.25, -0.2) is 22.3 Å². The molecule has 82 valence electrons. The Hall–Kier alpha value is -1.83. The highest BCUT2D eigenvalue weighted by molar-refractivity contribution is 7.90. The molecule has 1 rings (SSSR count). The van der Waals surface area contributed by atoms with Gasteiger partial charge in [0.15, 0.2) is 0 Å². The molecule has 6 nitrogen and oxygen atoms in total. The first kappa shape index (κ1) is 11.2. The lowest BCUT2D eigenvalue weighted by atomic mass is 10.3. The molecular weight excluding hydrogens is 225 g/mol. The maximum absolute atomic E-state index is 12.8. The number of nitrogens with one attached hydrogen (secondary N) is 1. The molecule has 1 aromatic carbocycles. The average molecular weight is 233 g/mol. The van der Waals surface area contributed by atoms with E-state index in [1.807, 2.05) is 0 Å². The summed E-state index contributed by atoms with van der Waals surface area (Å²) in [5, 5.41) is 0. The Balaban J connectivity index is 3.21. The van der Waals surface area contributed by atoms with Crippen LogP contribution in [0.1, 0.15) is 0 Å². The molecule has 0 heterocycles. The molecule has 0 atom stereocenters. The van der Waals surface area contributed by atoms with E-state index in [-0.39, 0.29) is 5.69 Å². The van der Waals surface area contributed by atoms with Gasteiger partial charge in [0.05, 0.1) is 4.90 Å². The second-order valence-electron chi connectivity index (χ2n) is 2.69. The predicted molar refractivity (Wildman–Crippen MR) is 50.7 cm³/mol. The standard InChI is InChI=1S/C7H8FN3O3S/c8-4-1-5(9)3-6(2-4)15(13,14)11-7(10)12/h1-3H,9H2,(H3,10,11,12). The van der Waals surface area contributed by atoms with Crippen LogP contribution in [-0.2, 0) is 10.0 Å². The van der Waals surface area contributed by atoms with Gasteiger partial charge < -0.3 is 11.5 Å². The molecule has 5 N–H and O–H groups in total. The van der Waals surface area contributed by atoms with Crippen molar-refractivity contribution in [3.63, 3.8) is 0 Å². The lowest BCUT2D eigenvalue weighted by molar-refractivity contribution is 0.253. The summed E-state index contributed by atoms with van der Waals surface area (Å²) in [5.74, 6) is -0.820. The van der Waals surface area contributed by atoms with E-state index in [1.54, 1.807) is 0 Å². The fourth-order valence-electron chi connectivity index (χ4n) is 0.931. The zero-order valence-electron chi connectivity index (χ0n) is 7.40. The van der Waals surface area contributed by atoms with E-state index in [2.05, 4.69) is 5.73 Å². The van der Waals surface area contributed by atoms with Crippen LogP contribution in [0, 0.1) is 5.82 Å². The van der Waals surface area contributed by atoms with Gasteiger partial charge in [0.2, 0.25) is 0 Å². The first-order valence-corrected chi connectivity index (χ1v) is 5.18. The van der Waals surface area contributed by atoms with Gasteiger partial charge >= 0.3 is 6.03 Å². The highest BCUT2D eigenvalue weighted by Gasteiger charge is 2.17. The molecule has 2 amide bonds. The number of anilines is 1. The van der Waals surface area contributed by atoms with Crippen LogP contribution in [0.15, 0.2) is 23.1 Å². The van der Waals surface area contributed by atoms with Crippen molar-refractivity contribution in [3.05, 3.63) is 24.0 Å². The summed E-state index contributed by atoms with van der Waals surface area (Å²) in [6.07, 6.45) is 0. The minimum Gasteiger partial charge on any atom is -0.399 e. The summed E-state index contributed by atoms with van der Waals surface area (Å²) >= 11 is 0. The van der Waals surface area contributed by atoms with Crippen molar-refractivity contribution in [2.24, 2.45) is 5.73 Å². The minimum absolute atomic E-state index is 0.0696. The van der Waals surface area contributed by atoms with Gasteiger partial charge in [0.25, 0.3) is 10.0 Å². The Morgan fingerprint density at radius 2 is 1.93 bits per heavy atom. The Labute approximate surface area is 85.1 Å². The summed E-state index contributed by atoms with van der Waals surface area (Å²) in [4.78, 5) is 9.91. The lowest BCUT2D eigenvalue weighted by Crippen LogP contribution is -2.35. The predicted octanol–water partition coefficient (Wildman–Crippen LogP) is -0.235. The normalized spacial score (nSPS) is 11.0. The van der Waals surface area contributed by atoms with Crippen LogP contribution < -0.4 is 16.2 Å². The van der Waals surface area contributed by atoms with Gasteiger partial charge in [-0.1, -0.05) is 0 Å². The number of primary amides is 1. The molecule has 0 radical (unpaired) electrons. The van der Waals surface area contributed by atoms with E-state index in [0.717, 1.165) is 18.2 Å². The number of hydrogen-bond acceptors (Lipinski definition) is 4. The van der Waals surface area contributed by atoms with Crippen molar-refractivity contribution in [2.45, 2.75) is 4.90 Å². The van der Waals surface area contributed by atoms with Crippen LogP contribution >= 0.6 is 0 Å². The number of amides is 2. The third kappa shape index (κ3) is 2.81. The fraction of sp³-hybridized carbons (Fsp3) is 0. The quantitative estimate of drug-likeness (QED) is 0.611. The molecule has 0 aliphatic rings. The Kier molecular flexibility index (Phi) is 2.80. The van der Waals surface area contributed by atoms with Gasteiger partial charge in [-0.3, -0.25) is 0 Å². The van der Waals surface area contributed by atoms with Crippen LogP contribution in [-0.4, -0.2) is 14.4 Å². The maximum atomic E-state index is 12.8. The lowest BCUT2D eigenvalue weighted by Gasteiger charge is -2.05. The van der Waals surface area contributed by atoms with Crippen molar-refractivity contribution >= 4 is 21.7 Å². The molecule has 15 heavy (non-hydrogen) atoms. The van der Waals surface area contributed by atoms with Crippen molar-refractivity contribution in [1.82, 2.24) is 4.72 Å². The van der Waals surface area contributed by atoms with Gasteiger partial charge in [-0.05, 0) is 18.2 Å². The smallest absolute Gasteiger partial charge is 0.326 e. The summed E-state index contributed by atoms with van der Waals surface area (Å²) in [7, 11) is -4.15. The zero-order valence-corrected chi connectivity index (χ0v) is 8.21. The number of sulfonamides is 1. The first-order chi connectivity index (χ1) is 6.81. The number of carbonyl (C=O) groups excluding carboxylic acids is 1.